The first-order chi connectivity index (χ1) is 10.6. The van der Waals surface area contributed by atoms with E-state index >= 15 is 0 Å². The molecule has 116 valence electrons. The Morgan fingerprint density at radius 2 is 2.05 bits per heavy atom. The standard InChI is InChI=1S/C17H18FNO3/c18-14-7-3-12(4-8-14)10-16(20)19-11-17(21,13-5-6-13)15-2-1-9-22-15/h1-4,7-9,13,21H,5-6,10-11H2,(H,19,20). The van der Waals surface area contributed by atoms with Crippen LogP contribution in [0, 0.1) is 11.7 Å². The minimum atomic E-state index is -1.15. The molecule has 1 saturated carbocycles. The number of rotatable bonds is 6. The van der Waals surface area contributed by atoms with Gasteiger partial charge in [-0.1, -0.05) is 12.1 Å². The van der Waals surface area contributed by atoms with E-state index in [4.69, 9.17) is 4.42 Å². The monoisotopic (exact) mass is 303 g/mol. The molecule has 1 unspecified atom stereocenters. The molecule has 3 rings (SSSR count). The van der Waals surface area contributed by atoms with Gasteiger partial charge >= 0.3 is 0 Å². The number of hydrogen-bond donors (Lipinski definition) is 2. The number of carbonyl (C=O) groups excluding carboxylic acids is 1. The van der Waals surface area contributed by atoms with Crippen LogP contribution in [-0.2, 0) is 16.8 Å². The second-order valence-electron chi connectivity index (χ2n) is 5.76. The summed E-state index contributed by atoms with van der Waals surface area (Å²) in [5.41, 5.74) is -0.422. The molecule has 1 aromatic heterocycles. The molecule has 4 nitrogen and oxygen atoms in total. The van der Waals surface area contributed by atoms with E-state index in [2.05, 4.69) is 5.32 Å². The van der Waals surface area contributed by atoms with Gasteiger partial charge in [0.05, 0.1) is 19.2 Å². The van der Waals surface area contributed by atoms with Crippen LogP contribution < -0.4 is 5.32 Å². The Balaban J connectivity index is 1.60. The Labute approximate surface area is 128 Å². The highest BCUT2D eigenvalue weighted by Crippen LogP contribution is 2.45. The van der Waals surface area contributed by atoms with E-state index in [9.17, 15) is 14.3 Å². The van der Waals surface area contributed by atoms with Crippen molar-refractivity contribution >= 4 is 5.91 Å². The van der Waals surface area contributed by atoms with E-state index in [0.717, 1.165) is 18.4 Å². The van der Waals surface area contributed by atoms with E-state index in [1.807, 2.05) is 0 Å². The van der Waals surface area contributed by atoms with Crippen LogP contribution in [0.25, 0.3) is 0 Å². The third-order valence-corrected chi connectivity index (χ3v) is 4.03. The molecule has 0 spiro atoms. The molecular weight excluding hydrogens is 285 g/mol. The summed E-state index contributed by atoms with van der Waals surface area (Å²) in [7, 11) is 0. The second kappa shape index (κ2) is 5.93. The first kappa shape index (κ1) is 14.8. The van der Waals surface area contributed by atoms with Gasteiger partial charge in [-0.3, -0.25) is 4.79 Å². The Morgan fingerprint density at radius 1 is 1.32 bits per heavy atom. The lowest BCUT2D eigenvalue weighted by Crippen LogP contribution is -2.42. The van der Waals surface area contributed by atoms with Crippen molar-refractivity contribution < 1.29 is 18.7 Å². The molecule has 0 aliphatic heterocycles. The molecule has 2 aromatic rings. The van der Waals surface area contributed by atoms with Gasteiger partial charge in [0.25, 0.3) is 0 Å². The summed E-state index contributed by atoms with van der Waals surface area (Å²) in [6.07, 6.45) is 3.51. The molecule has 1 heterocycles. The molecule has 0 saturated heterocycles. The molecule has 0 bridgehead atoms. The fourth-order valence-electron chi connectivity index (χ4n) is 2.60. The smallest absolute Gasteiger partial charge is 0.224 e. The van der Waals surface area contributed by atoms with Crippen molar-refractivity contribution in [2.75, 3.05) is 6.54 Å². The van der Waals surface area contributed by atoms with Gasteiger partial charge in [0.15, 0.2) is 0 Å². The van der Waals surface area contributed by atoms with Gasteiger partial charge in [-0.25, -0.2) is 4.39 Å². The quantitative estimate of drug-likeness (QED) is 0.861. The van der Waals surface area contributed by atoms with E-state index < -0.39 is 5.60 Å². The topological polar surface area (TPSA) is 62.5 Å². The van der Waals surface area contributed by atoms with Crippen LogP contribution in [-0.4, -0.2) is 17.6 Å². The SMILES string of the molecule is O=C(Cc1ccc(F)cc1)NCC(O)(c1ccco1)C1CC1. The molecule has 5 heteroatoms. The Morgan fingerprint density at radius 3 is 2.64 bits per heavy atom. The van der Waals surface area contributed by atoms with Crippen molar-refractivity contribution in [3.8, 4) is 0 Å². The average Bonchev–Trinajstić information content (AvgIpc) is 3.22. The first-order valence-electron chi connectivity index (χ1n) is 7.35. The maximum atomic E-state index is 12.8. The molecular formula is C17H18FNO3. The van der Waals surface area contributed by atoms with Crippen LogP contribution in [0.15, 0.2) is 47.1 Å². The minimum Gasteiger partial charge on any atom is -0.466 e. The van der Waals surface area contributed by atoms with Crippen molar-refractivity contribution in [1.29, 1.82) is 0 Å². The van der Waals surface area contributed by atoms with Crippen LogP contribution in [0.2, 0.25) is 0 Å². The highest BCUT2D eigenvalue weighted by atomic mass is 19.1. The van der Waals surface area contributed by atoms with Gasteiger partial charge in [-0.05, 0) is 48.6 Å². The third kappa shape index (κ3) is 3.20. The minimum absolute atomic E-state index is 0.116. The van der Waals surface area contributed by atoms with E-state index in [-0.39, 0.29) is 30.6 Å². The molecule has 1 fully saturated rings. The van der Waals surface area contributed by atoms with E-state index in [1.54, 1.807) is 24.3 Å². The maximum Gasteiger partial charge on any atom is 0.224 e. The van der Waals surface area contributed by atoms with Crippen LogP contribution in [0.5, 0.6) is 0 Å². The zero-order chi connectivity index (χ0) is 15.6. The summed E-state index contributed by atoms with van der Waals surface area (Å²) in [6.45, 7) is 0.116. The van der Waals surface area contributed by atoms with Crippen LogP contribution in [0.3, 0.4) is 0 Å². The highest BCUT2D eigenvalue weighted by molar-refractivity contribution is 5.78. The number of benzene rings is 1. The summed E-state index contributed by atoms with van der Waals surface area (Å²) < 4.78 is 18.2. The number of hydrogen-bond acceptors (Lipinski definition) is 3. The summed E-state index contributed by atoms with van der Waals surface area (Å²) in [5, 5.41) is 13.6. The van der Waals surface area contributed by atoms with E-state index in [0.29, 0.717) is 5.76 Å². The Bertz CT molecular complexity index is 634. The lowest BCUT2D eigenvalue weighted by molar-refractivity contribution is -0.122. The van der Waals surface area contributed by atoms with Crippen LogP contribution in [0.1, 0.15) is 24.2 Å². The predicted molar refractivity (Wildman–Crippen MR) is 78.4 cm³/mol. The third-order valence-electron chi connectivity index (χ3n) is 4.03. The highest BCUT2D eigenvalue weighted by Gasteiger charge is 2.47. The molecule has 1 aliphatic rings. The lowest BCUT2D eigenvalue weighted by Gasteiger charge is -2.26. The zero-order valence-corrected chi connectivity index (χ0v) is 12.1. The number of aliphatic hydroxyl groups is 1. The molecule has 1 amide bonds. The number of amides is 1. The normalized spacial score (nSPS) is 17.0. The Kier molecular flexibility index (Phi) is 3.98. The number of nitrogens with one attached hydrogen (secondary N) is 1. The average molecular weight is 303 g/mol. The van der Waals surface area contributed by atoms with Crippen molar-refractivity contribution in [1.82, 2.24) is 5.32 Å². The van der Waals surface area contributed by atoms with Gasteiger partial charge in [-0.15, -0.1) is 0 Å². The lowest BCUT2D eigenvalue weighted by atomic mass is 9.94. The molecule has 22 heavy (non-hydrogen) atoms. The molecule has 1 aliphatic carbocycles. The molecule has 1 aromatic carbocycles. The summed E-state index contributed by atoms with van der Waals surface area (Å²) in [4.78, 5) is 12.0. The van der Waals surface area contributed by atoms with Crippen LogP contribution in [0.4, 0.5) is 4.39 Å². The van der Waals surface area contributed by atoms with E-state index in [1.165, 1.54) is 18.4 Å². The Hall–Kier alpha value is -2.14. The molecule has 2 N–H and O–H groups in total. The van der Waals surface area contributed by atoms with Gasteiger partial charge in [0.2, 0.25) is 5.91 Å². The molecule has 0 radical (unpaired) electrons. The summed E-state index contributed by atoms with van der Waals surface area (Å²) in [5.74, 6) is 0.0594. The van der Waals surface area contributed by atoms with Gasteiger partial charge in [0.1, 0.15) is 17.2 Å². The van der Waals surface area contributed by atoms with Gasteiger partial charge in [0, 0.05) is 0 Å². The number of carbonyl (C=O) groups is 1. The zero-order valence-electron chi connectivity index (χ0n) is 12.1. The number of halogens is 1. The fourth-order valence-corrected chi connectivity index (χ4v) is 2.60. The predicted octanol–water partition coefficient (Wildman–Crippen LogP) is 2.38. The van der Waals surface area contributed by atoms with Crippen molar-refractivity contribution in [3.05, 3.63) is 59.8 Å². The fraction of sp³-hybridized carbons (Fsp3) is 0.353. The second-order valence-corrected chi connectivity index (χ2v) is 5.76. The first-order valence-corrected chi connectivity index (χ1v) is 7.35. The summed E-state index contributed by atoms with van der Waals surface area (Å²) in [6, 6.07) is 9.26. The van der Waals surface area contributed by atoms with Crippen molar-refractivity contribution in [2.45, 2.75) is 24.9 Å². The van der Waals surface area contributed by atoms with Gasteiger partial charge < -0.3 is 14.8 Å². The van der Waals surface area contributed by atoms with Crippen LogP contribution >= 0.6 is 0 Å². The van der Waals surface area contributed by atoms with Crippen molar-refractivity contribution in [3.63, 3.8) is 0 Å². The van der Waals surface area contributed by atoms with Gasteiger partial charge in [-0.2, -0.15) is 0 Å². The largest absolute Gasteiger partial charge is 0.466 e. The summed E-state index contributed by atoms with van der Waals surface area (Å²) >= 11 is 0. The number of furan rings is 1. The molecule has 1 atom stereocenters. The maximum absolute atomic E-state index is 12.8. The van der Waals surface area contributed by atoms with Crippen molar-refractivity contribution in [2.24, 2.45) is 5.92 Å².